The van der Waals surface area contributed by atoms with Crippen LogP contribution in [0.15, 0.2) is 29.3 Å². The number of hydrogen-bond acceptors (Lipinski definition) is 2. The molecule has 1 fully saturated rings. The Bertz CT molecular complexity index is 546. The van der Waals surface area contributed by atoms with Crippen molar-refractivity contribution >= 4 is 11.6 Å². The fourth-order valence-electron chi connectivity index (χ4n) is 3.88. The standard InChI is InChI=1S/C20H32N4/c1-3-12-23-13-9-17(10-14-23)16-22-20(21-4-2)24-15-11-18-7-5-6-8-19(18)24/h5-8,17H,3-4,9-16H2,1-2H3,(H,21,22). The van der Waals surface area contributed by atoms with Gasteiger partial charge in [-0.25, -0.2) is 0 Å². The molecule has 2 aliphatic heterocycles. The van der Waals surface area contributed by atoms with E-state index in [4.69, 9.17) is 4.99 Å². The van der Waals surface area contributed by atoms with E-state index in [2.05, 4.69) is 53.2 Å². The van der Waals surface area contributed by atoms with Crippen molar-refractivity contribution in [2.24, 2.45) is 10.9 Å². The Kier molecular flexibility index (Phi) is 6.13. The lowest BCUT2D eigenvalue weighted by atomic mass is 9.97. The third-order valence-electron chi connectivity index (χ3n) is 5.22. The maximum atomic E-state index is 5.00. The molecular formula is C20H32N4. The first-order valence-electron chi connectivity index (χ1n) is 9.68. The van der Waals surface area contributed by atoms with E-state index in [0.29, 0.717) is 0 Å². The van der Waals surface area contributed by atoms with E-state index < -0.39 is 0 Å². The number of nitrogens with one attached hydrogen (secondary N) is 1. The minimum atomic E-state index is 0.740. The van der Waals surface area contributed by atoms with Gasteiger partial charge in [0, 0.05) is 25.3 Å². The van der Waals surface area contributed by atoms with Gasteiger partial charge in [-0.15, -0.1) is 0 Å². The van der Waals surface area contributed by atoms with Gasteiger partial charge in [-0.1, -0.05) is 25.1 Å². The van der Waals surface area contributed by atoms with Gasteiger partial charge in [-0.2, -0.15) is 0 Å². The molecule has 0 amide bonds. The first kappa shape index (κ1) is 17.3. The summed E-state index contributed by atoms with van der Waals surface area (Å²) in [6, 6.07) is 8.72. The lowest BCUT2D eigenvalue weighted by molar-refractivity contribution is 0.188. The summed E-state index contributed by atoms with van der Waals surface area (Å²) in [5.41, 5.74) is 2.77. The van der Waals surface area contributed by atoms with Crippen molar-refractivity contribution in [3.8, 4) is 0 Å². The van der Waals surface area contributed by atoms with Crippen LogP contribution in [0.5, 0.6) is 0 Å². The van der Waals surface area contributed by atoms with Crippen LogP contribution >= 0.6 is 0 Å². The molecule has 0 spiro atoms. The number of hydrogen-bond donors (Lipinski definition) is 1. The van der Waals surface area contributed by atoms with Crippen molar-refractivity contribution < 1.29 is 0 Å². The second-order valence-electron chi connectivity index (χ2n) is 7.01. The summed E-state index contributed by atoms with van der Waals surface area (Å²) in [5, 5.41) is 3.50. The van der Waals surface area contributed by atoms with Crippen molar-refractivity contribution in [1.29, 1.82) is 0 Å². The molecule has 0 unspecified atom stereocenters. The van der Waals surface area contributed by atoms with E-state index >= 15 is 0 Å². The molecule has 0 radical (unpaired) electrons. The van der Waals surface area contributed by atoms with E-state index in [0.717, 1.165) is 37.9 Å². The summed E-state index contributed by atoms with van der Waals surface area (Å²) in [7, 11) is 0. The predicted octanol–water partition coefficient (Wildman–Crippen LogP) is 3.14. The highest BCUT2D eigenvalue weighted by Gasteiger charge is 2.23. The maximum Gasteiger partial charge on any atom is 0.198 e. The molecule has 0 atom stereocenters. The van der Waals surface area contributed by atoms with E-state index in [-0.39, 0.29) is 0 Å². The molecule has 4 nitrogen and oxygen atoms in total. The molecule has 0 aromatic heterocycles. The first-order valence-corrected chi connectivity index (χ1v) is 9.68. The lowest BCUT2D eigenvalue weighted by Crippen LogP contribution is -2.41. The van der Waals surface area contributed by atoms with Crippen LogP contribution in [0.3, 0.4) is 0 Å². The Hall–Kier alpha value is -1.55. The summed E-state index contributed by atoms with van der Waals surface area (Å²) in [5.74, 6) is 1.81. The molecule has 2 aliphatic rings. The number of guanidine groups is 1. The van der Waals surface area contributed by atoms with Gasteiger partial charge in [0.1, 0.15) is 0 Å². The number of likely N-dealkylation sites (tertiary alicyclic amines) is 1. The number of nitrogens with zero attached hydrogens (tertiary/aromatic N) is 3. The molecule has 0 aliphatic carbocycles. The molecule has 1 saturated heterocycles. The van der Waals surface area contributed by atoms with Gasteiger partial charge in [0.15, 0.2) is 5.96 Å². The van der Waals surface area contributed by atoms with Gasteiger partial charge in [0.25, 0.3) is 0 Å². The van der Waals surface area contributed by atoms with Crippen LogP contribution in [0.1, 0.15) is 38.7 Å². The summed E-state index contributed by atoms with van der Waals surface area (Å²) >= 11 is 0. The highest BCUT2D eigenvalue weighted by molar-refractivity contribution is 5.97. The Morgan fingerprint density at radius 3 is 2.71 bits per heavy atom. The number of aliphatic imine (C=N–C) groups is 1. The van der Waals surface area contributed by atoms with Crippen molar-refractivity contribution in [2.45, 2.75) is 39.5 Å². The van der Waals surface area contributed by atoms with Crippen molar-refractivity contribution in [3.63, 3.8) is 0 Å². The highest BCUT2D eigenvalue weighted by Crippen LogP contribution is 2.27. The highest BCUT2D eigenvalue weighted by atomic mass is 15.3. The summed E-state index contributed by atoms with van der Waals surface area (Å²) < 4.78 is 0. The fraction of sp³-hybridized carbons (Fsp3) is 0.650. The zero-order valence-corrected chi connectivity index (χ0v) is 15.3. The first-order chi connectivity index (χ1) is 11.8. The minimum Gasteiger partial charge on any atom is -0.356 e. The molecule has 0 saturated carbocycles. The average Bonchev–Trinajstić information content (AvgIpc) is 3.04. The van der Waals surface area contributed by atoms with Gasteiger partial charge in [-0.3, -0.25) is 4.99 Å². The monoisotopic (exact) mass is 328 g/mol. The third-order valence-corrected chi connectivity index (χ3v) is 5.22. The largest absolute Gasteiger partial charge is 0.356 e. The lowest BCUT2D eigenvalue weighted by Gasteiger charge is -2.31. The number of fused-ring (bicyclic) bond motifs is 1. The van der Waals surface area contributed by atoms with E-state index in [1.54, 1.807) is 0 Å². The van der Waals surface area contributed by atoms with Crippen LogP contribution in [0.4, 0.5) is 5.69 Å². The number of rotatable bonds is 5. The van der Waals surface area contributed by atoms with Crippen LogP contribution < -0.4 is 10.2 Å². The second-order valence-corrected chi connectivity index (χ2v) is 7.01. The van der Waals surface area contributed by atoms with Crippen LogP contribution in [0, 0.1) is 5.92 Å². The SMILES string of the molecule is CCCN1CCC(CN=C(NCC)N2CCc3ccccc32)CC1. The predicted molar refractivity (Wildman–Crippen MR) is 103 cm³/mol. The molecule has 1 N–H and O–H groups in total. The number of para-hydroxylation sites is 1. The van der Waals surface area contributed by atoms with E-state index in [1.807, 2.05) is 0 Å². The van der Waals surface area contributed by atoms with Gasteiger partial charge >= 0.3 is 0 Å². The zero-order chi connectivity index (χ0) is 16.8. The topological polar surface area (TPSA) is 30.9 Å². The number of anilines is 1. The minimum absolute atomic E-state index is 0.740. The van der Waals surface area contributed by atoms with Crippen LogP contribution in [-0.4, -0.2) is 50.1 Å². The van der Waals surface area contributed by atoms with Crippen LogP contribution in [-0.2, 0) is 6.42 Å². The Labute approximate surface area is 146 Å². The Balaban J connectivity index is 1.61. The van der Waals surface area contributed by atoms with Crippen LogP contribution in [0.25, 0.3) is 0 Å². The van der Waals surface area contributed by atoms with Gasteiger partial charge < -0.3 is 15.1 Å². The maximum absolute atomic E-state index is 5.00. The molecule has 1 aromatic carbocycles. The van der Waals surface area contributed by atoms with E-state index in [9.17, 15) is 0 Å². The zero-order valence-electron chi connectivity index (χ0n) is 15.3. The molecule has 132 valence electrons. The van der Waals surface area contributed by atoms with Gasteiger partial charge in [0.2, 0.25) is 0 Å². The summed E-state index contributed by atoms with van der Waals surface area (Å²) in [6.45, 7) is 11.1. The molecule has 1 aromatic rings. The smallest absolute Gasteiger partial charge is 0.198 e. The molecule has 2 heterocycles. The summed E-state index contributed by atoms with van der Waals surface area (Å²) in [4.78, 5) is 9.97. The van der Waals surface area contributed by atoms with Crippen molar-refractivity contribution in [3.05, 3.63) is 29.8 Å². The quantitative estimate of drug-likeness (QED) is 0.665. The van der Waals surface area contributed by atoms with Gasteiger partial charge in [0.05, 0.1) is 0 Å². The summed E-state index contributed by atoms with van der Waals surface area (Å²) in [6.07, 6.45) is 4.97. The normalized spacial score (nSPS) is 19.6. The molecule has 3 rings (SSSR count). The Morgan fingerprint density at radius 2 is 1.96 bits per heavy atom. The molecule has 4 heteroatoms. The van der Waals surface area contributed by atoms with E-state index in [1.165, 1.54) is 50.1 Å². The van der Waals surface area contributed by atoms with Crippen LogP contribution in [0.2, 0.25) is 0 Å². The Morgan fingerprint density at radius 1 is 1.17 bits per heavy atom. The molecule has 0 bridgehead atoms. The molecule has 24 heavy (non-hydrogen) atoms. The third kappa shape index (κ3) is 4.10. The van der Waals surface area contributed by atoms with Crippen molar-refractivity contribution in [1.82, 2.24) is 10.2 Å². The number of benzene rings is 1. The average molecular weight is 329 g/mol. The van der Waals surface area contributed by atoms with Gasteiger partial charge in [-0.05, 0) is 69.8 Å². The molecular weight excluding hydrogens is 296 g/mol. The fourth-order valence-corrected chi connectivity index (χ4v) is 3.88. The van der Waals surface area contributed by atoms with Crippen molar-refractivity contribution in [2.75, 3.05) is 44.2 Å². The number of piperidine rings is 1. The second kappa shape index (κ2) is 8.52.